The number of imidazole rings is 1. The van der Waals surface area contributed by atoms with E-state index >= 15 is 0 Å². The van der Waals surface area contributed by atoms with Crippen molar-refractivity contribution in [1.29, 1.82) is 0 Å². The molecule has 2 aromatic heterocycles. The van der Waals surface area contributed by atoms with Crippen molar-refractivity contribution in [3.63, 3.8) is 0 Å². The van der Waals surface area contributed by atoms with Crippen LogP contribution in [-0.4, -0.2) is 19.6 Å². The van der Waals surface area contributed by atoms with Gasteiger partial charge in [0.1, 0.15) is 11.6 Å². The van der Waals surface area contributed by atoms with Gasteiger partial charge in [-0.25, -0.2) is 4.98 Å². The van der Waals surface area contributed by atoms with Crippen molar-refractivity contribution in [1.82, 2.24) is 14.5 Å². The van der Waals surface area contributed by atoms with E-state index in [9.17, 15) is 10.6 Å². The molecule has 12 aromatic rings. The van der Waals surface area contributed by atoms with Crippen LogP contribution in [0, 0.1) is 12.0 Å². The van der Waals surface area contributed by atoms with Gasteiger partial charge >= 0.3 is 0 Å². The van der Waals surface area contributed by atoms with Crippen molar-refractivity contribution in [2.24, 2.45) is 5.92 Å². The third-order valence-electron chi connectivity index (χ3n) is 16.9. The van der Waals surface area contributed by atoms with Crippen LogP contribution in [0.3, 0.4) is 0 Å². The molecular formula is C78H64N3OPt-. The van der Waals surface area contributed by atoms with Gasteiger partial charge in [-0.15, -0.1) is 23.8 Å². The second-order valence-corrected chi connectivity index (χ2v) is 21.9. The van der Waals surface area contributed by atoms with Gasteiger partial charge in [0.2, 0.25) is 0 Å². The Morgan fingerprint density at radius 1 is 0.458 bits per heavy atom. The molecule has 10 aromatic carbocycles. The zero-order valence-corrected chi connectivity index (χ0v) is 48.4. The molecule has 83 heavy (non-hydrogen) atoms. The number of hydrogen-bond acceptors (Lipinski definition) is 3. The number of nitrogens with zero attached hydrogens (tertiary/aromatic N) is 3. The van der Waals surface area contributed by atoms with Crippen molar-refractivity contribution < 1.29 is 31.7 Å². The Kier molecular flexibility index (Phi) is 14.2. The van der Waals surface area contributed by atoms with E-state index in [1.54, 1.807) is 0 Å². The molecule has 1 N–H and O–H groups in total. The average Bonchev–Trinajstić information content (AvgIpc) is 3.32. The molecule has 0 amide bonds. The van der Waals surface area contributed by atoms with Gasteiger partial charge in [0.05, 0.1) is 22.3 Å². The molecule has 4 nitrogen and oxygen atoms in total. The Labute approximate surface area is 508 Å². The molecule has 0 saturated heterocycles. The number of aromatic nitrogens is 3. The third-order valence-corrected chi connectivity index (χ3v) is 16.9. The Hall–Kier alpha value is -8.69. The number of fused-ring (bicyclic) bond motifs is 1. The van der Waals surface area contributed by atoms with Crippen LogP contribution in [0.15, 0.2) is 255 Å². The minimum absolute atomic E-state index is 0. The predicted octanol–water partition coefficient (Wildman–Crippen LogP) is 20.4. The first-order valence-electron chi connectivity index (χ1n) is 31.0. The van der Waals surface area contributed by atoms with Gasteiger partial charge in [-0.2, -0.15) is 0 Å². The monoisotopic (exact) mass is 1260 g/mol. The molecule has 14 rings (SSSR count). The van der Waals surface area contributed by atoms with Gasteiger partial charge in [-0.05, 0) is 136 Å². The van der Waals surface area contributed by atoms with Gasteiger partial charge in [0.25, 0.3) is 0 Å². The summed E-state index contributed by atoms with van der Waals surface area (Å²) >= 11 is 0. The maximum Gasteiger partial charge on any atom is 0.148 e. The number of para-hydroxylation sites is 2. The maximum absolute atomic E-state index is 12.9. The molecule has 2 aliphatic carbocycles. The van der Waals surface area contributed by atoms with E-state index in [0.717, 1.165) is 120 Å². The first-order valence-corrected chi connectivity index (χ1v) is 29.0. The van der Waals surface area contributed by atoms with E-state index in [0.29, 0.717) is 53.7 Å². The largest absolute Gasteiger partial charge is 0.507 e. The molecule has 2 fully saturated rings. The first kappa shape index (κ1) is 49.0. The summed E-state index contributed by atoms with van der Waals surface area (Å²) in [5.41, 5.74) is 18.2. The topological polar surface area (TPSA) is 50.9 Å². The average molecular weight is 1260 g/mol. The molecule has 5 heteroatoms. The molecule has 408 valence electrons. The Morgan fingerprint density at radius 3 is 1.71 bits per heavy atom. The number of rotatable bonds is 13. The molecule has 2 heterocycles. The van der Waals surface area contributed by atoms with Gasteiger partial charge in [-0.3, -0.25) is 9.55 Å². The summed E-state index contributed by atoms with van der Waals surface area (Å²) in [6.07, 6.45) is 6.62. The maximum atomic E-state index is 12.9. The summed E-state index contributed by atoms with van der Waals surface area (Å²) in [6.45, 7) is 0. The van der Waals surface area contributed by atoms with Crippen molar-refractivity contribution in [2.45, 2.75) is 69.5 Å². The van der Waals surface area contributed by atoms with Crippen LogP contribution in [0.1, 0.15) is 85.3 Å². The van der Waals surface area contributed by atoms with Crippen molar-refractivity contribution in [2.75, 3.05) is 0 Å². The summed E-state index contributed by atoms with van der Waals surface area (Å²) in [6, 6.07) is 88.1. The van der Waals surface area contributed by atoms with E-state index < -0.39 is 18.2 Å². The number of phenols is 1. The number of benzene rings is 10. The van der Waals surface area contributed by atoms with Crippen LogP contribution in [0.4, 0.5) is 0 Å². The summed E-state index contributed by atoms with van der Waals surface area (Å²) in [5, 5.41) is 12.9. The molecule has 0 spiro atoms. The predicted molar refractivity (Wildman–Crippen MR) is 339 cm³/mol. The van der Waals surface area contributed by atoms with Crippen molar-refractivity contribution in [3.05, 3.63) is 278 Å². The van der Waals surface area contributed by atoms with Gasteiger partial charge in [0.15, 0.2) is 0 Å². The van der Waals surface area contributed by atoms with Crippen molar-refractivity contribution >= 4 is 11.0 Å². The quantitative estimate of drug-likeness (QED) is 0.117. The van der Waals surface area contributed by atoms with Gasteiger partial charge < -0.3 is 5.11 Å². The number of aromatic hydroxyl groups is 1. The van der Waals surface area contributed by atoms with Crippen molar-refractivity contribution in [3.8, 4) is 101 Å². The fourth-order valence-corrected chi connectivity index (χ4v) is 12.7. The van der Waals surface area contributed by atoms with Crippen LogP contribution in [0.5, 0.6) is 5.75 Å². The Bertz CT molecular complexity index is 4430. The number of pyridine rings is 1. The zero-order chi connectivity index (χ0) is 58.4. The molecule has 0 bridgehead atoms. The fourth-order valence-electron chi connectivity index (χ4n) is 12.7. The minimum atomic E-state index is -1.54. The standard InChI is InChI=1S/C78H64N3O.Pt/c82-77-70(69-30-16-15-29-67(69)61-25-9-3-10-26-61)32-17-33-71(77)78-80-76-68(31-18-34-75(76)81(78)74-44-35-54(47-53-19-13-14-20-53)48-72(74)62-27-11-4-12-28-62)65-49-64(56-23-7-2-8-24-56)50-66(51-65)73-52-63(45-46-79-73)60-42-40-59(41-43-60)58-38-36-57(37-39-58)55-21-5-1-6-22-55;/h1-12,15-18,21-35,40-46,48-50,52-53,57-58,82H,13-14,19-20,36-39,47H2;/q-1;/i47D2,57D,58D;. The molecule has 0 atom stereocenters. The van der Waals surface area contributed by atoms with Gasteiger partial charge in [-0.1, -0.05) is 249 Å². The van der Waals surface area contributed by atoms with E-state index in [-0.39, 0.29) is 32.7 Å². The first-order chi connectivity index (χ1) is 42.0. The Balaban J connectivity index is 0.00000700. The smallest absolute Gasteiger partial charge is 0.148 e. The van der Waals surface area contributed by atoms with Crippen LogP contribution >= 0.6 is 0 Å². The van der Waals surface area contributed by atoms with Crippen LogP contribution in [0.25, 0.3) is 106 Å². The summed E-state index contributed by atoms with van der Waals surface area (Å²) in [5.74, 6) is -0.880. The molecule has 0 radical (unpaired) electrons. The second-order valence-electron chi connectivity index (χ2n) is 21.9. The zero-order valence-electron chi connectivity index (χ0n) is 50.1. The summed E-state index contributed by atoms with van der Waals surface area (Å²) in [7, 11) is 0. The van der Waals surface area contributed by atoms with E-state index in [2.05, 4.69) is 150 Å². The van der Waals surface area contributed by atoms with Crippen LogP contribution in [-0.2, 0) is 27.4 Å². The Morgan fingerprint density at radius 2 is 1.01 bits per heavy atom. The molecule has 2 saturated carbocycles. The SMILES string of the molecule is [2H]C1(c2ccccc2)CCC([2H])(c2ccc(-c3ccnc(-c4[c-]c(-c5cccc6c5nc(-c5cccc(-c7ccccc7-c7ccccc7)c5O)n6-c5ccc(C([2H])([2H])C6CCCC6)cc5-c5ccccc5)cc(-c5ccccc5)c4)c3)cc2)CC1.[Pt]. The van der Waals surface area contributed by atoms with E-state index in [1.807, 2.05) is 115 Å². The number of hydrogen-bond donors (Lipinski definition) is 1. The fraction of sp³-hybridized carbons (Fsp3) is 0.154. The third kappa shape index (κ3) is 11.0. The molecule has 2 aliphatic rings. The second kappa shape index (κ2) is 24.0. The minimum Gasteiger partial charge on any atom is -0.507 e. The summed E-state index contributed by atoms with van der Waals surface area (Å²) in [4.78, 5) is 10.7. The molecular weight excluding hydrogens is 1190 g/mol. The number of phenolic OH excluding ortho intramolecular Hbond substituents is 1. The van der Waals surface area contributed by atoms with E-state index in [4.69, 9.17) is 9.97 Å². The summed E-state index contributed by atoms with van der Waals surface area (Å²) < 4.78 is 40.3. The normalized spacial score (nSPS) is 17.9. The molecule has 0 unspecified atom stereocenters. The molecule has 0 aliphatic heterocycles. The van der Waals surface area contributed by atoms with Crippen LogP contribution < -0.4 is 0 Å². The van der Waals surface area contributed by atoms with Gasteiger partial charge in [0, 0.05) is 49.6 Å². The van der Waals surface area contributed by atoms with E-state index in [1.165, 1.54) is 0 Å². The van der Waals surface area contributed by atoms with Crippen LogP contribution in [0.2, 0.25) is 0 Å².